The van der Waals surface area contributed by atoms with E-state index in [0.29, 0.717) is 5.69 Å². The Balaban J connectivity index is 2.49. The third-order valence-electron chi connectivity index (χ3n) is 2.27. The number of nitrogens with one attached hydrogen (secondary N) is 1. The molecule has 1 amide bonds. The molecule has 1 aromatic heterocycles. The van der Waals surface area contributed by atoms with Gasteiger partial charge in [0.2, 0.25) is 0 Å². The number of rotatable bonds is 2. The van der Waals surface area contributed by atoms with Gasteiger partial charge in [0, 0.05) is 16.6 Å². The van der Waals surface area contributed by atoms with Gasteiger partial charge in [0.25, 0.3) is 0 Å². The molecule has 0 aliphatic rings. The van der Waals surface area contributed by atoms with E-state index < -0.39 is 6.09 Å². The topological polar surface area (TPSA) is 62.2 Å². The van der Waals surface area contributed by atoms with E-state index in [1.54, 1.807) is 6.07 Å². The molecule has 0 bridgehead atoms. The van der Waals surface area contributed by atoms with Crippen LogP contribution in [0.2, 0.25) is 0 Å². The highest BCUT2D eigenvalue weighted by molar-refractivity contribution is 7.13. The number of nitrogens with zero attached hydrogens (tertiary/aromatic N) is 1. The first kappa shape index (κ1) is 11.6. The van der Waals surface area contributed by atoms with Gasteiger partial charge in [-0.15, -0.1) is 11.3 Å². The predicted octanol–water partition coefficient (Wildman–Crippen LogP) is 3.52. The highest BCUT2D eigenvalue weighted by Crippen LogP contribution is 2.31. The minimum absolute atomic E-state index is 0.576. The Bertz CT molecular complexity index is 563. The lowest BCUT2D eigenvalue weighted by Gasteiger charge is -2.07. The van der Waals surface area contributed by atoms with E-state index in [1.807, 2.05) is 31.4 Å². The molecule has 2 aromatic rings. The van der Waals surface area contributed by atoms with Crippen molar-refractivity contribution in [1.29, 1.82) is 0 Å². The van der Waals surface area contributed by atoms with Gasteiger partial charge in [-0.2, -0.15) is 0 Å². The SMILES string of the molecule is Cc1ccc(-c2nc(C)cs2)c(NC(=O)O)c1. The molecule has 17 heavy (non-hydrogen) atoms. The summed E-state index contributed by atoms with van der Waals surface area (Å²) in [5.74, 6) is 0. The number of hydrogen-bond donors (Lipinski definition) is 2. The predicted molar refractivity (Wildman–Crippen MR) is 68.7 cm³/mol. The molecule has 1 heterocycles. The summed E-state index contributed by atoms with van der Waals surface area (Å²) in [7, 11) is 0. The first-order chi connectivity index (χ1) is 8.06. The van der Waals surface area contributed by atoms with Gasteiger partial charge in [-0.25, -0.2) is 9.78 Å². The maximum atomic E-state index is 10.7. The fourth-order valence-electron chi connectivity index (χ4n) is 1.54. The molecule has 88 valence electrons. The van der Waals surface area contributed by atoms with Crippen molar-refractivity contribution in [2.75, 3.05) is 5.32 Å². The van der Waals surface area contributed by atoms with E-state index in [9.17, 15) is 4.79 Å². The van der Waals surface area contributed by atoms with Crippen LogP contribution in [0.1, 0.15) is 11.3 Å². The Hall–Kier alpha value is -1.88. The maximum Gasteiger partial charge on any atom is 0.409 e. The van der Waals surface area contributed by atoms with Crippen molar-refractivity contribution in [2.45, 2.75) is 13.8 Å². The average Bonchev–Trinajstić information content (AvgIpc) is 2.64. The van der Waals surface area contributed by atoms with Crippen LogP contribution in [0.25, 0.3) is 10.6 Å². The van der Waals surface area contributed by atoms with Gasteiger partial charge in [0.1, 0.15) is 5.01 Å². The zero-order valence-corrected chi connectivity index (χ0v) is 10.3. The minimum Gasteiger partial charge on any atom is -0.465 e. The number of aromatic nitrogens is 1. The average molecular weight is 248 g/mol. The number of amides is 1. The third kappa shape index (κ3) is 2.62. The standard InChI is InChI=1S/C12H12N2O2S/c1-7-3-4-9(10(5-7)14-12(15)16)11-13-8(2)6-17-11/h3-6,14H,1-2H3,(H,15,16). The maximum absolute atomic E-state index is 10.7. The normalized spacial score (nSPS) is 10.2. The molecule has 0 radical (unpaired) electrons. The molecular weight excluding hydrogens is 236 g/mol. The molecular formula is C12H12N2O2S. The molecule has 5 heteroatoms. The lowest BCUT2D eigenvalue weighted by atomic mass is 10.1. The second kappa shape index (κ2) is 4.55. The van der Waals surface area contributed by atoms with Crippen LogP contribution in [0, 0.1) is 13.8 Å². The van der Waals surface area contributed by atoms with Crippen LogP contribution in [0.5, 0.6) is 0 Å². The van der Waals surface area contributed by atoms with Crippen molar-refractivity contribution in [2.24, 2.45) is 0 Å². The van der Waals surface area contributed by atoms with Gasteiger partial charge < -0.3 is 5.11 Å². The first-order valence-electron chi connectivity index (χ1n) is 5.09. The molecule has 0 saturated carbocycles. The van der Waals surface area contributed by atoms with E-state index in [1.165, 1.54) is 11.3 Å². The van der Waals surface area contributed by atoms with E-state index in [-0.39, 0.29) is 0 Å². The summed E-state index contributed by atoms with van der Waals surface area (Å²) in [4.78, 5) is 15.1. The van der Waals surface area contributed by atoms with Crippen LogP contribution in [0.15, 0.2) is 23.6 Å². The number of anilines is 1. The van der Waals surface area contributed by atoms with Crippen LogP contribution in [-0.2, 0) is 0 Å². The van der Waals surface area contributed by atoms with Crippen molar-refractivity contribution in [1.82, 2.24) is 4.98 Å². The van der Waals surface area contributed by atoms with Crippen LogP contribution in [-0.4, -0.2) is 16.2 Å². The van der Waals surface area contributed by atoms with Gasteiger partial charge in [0.15, 0.2) is 0 Å². The summed E-state index contributed by atoms with van der Waals surface area (Å²) >= 11 is 1.51. The summed E-state index contributed by atoms with van der Waals surface area (Å²) < 4.78 is 0. The van der Waals surface area contributed by atoms with E-state index in [4.69, 9.17) is 5.11 Å². The number of thiazole rings is 1. The second-order valence-corrected chi connectivity index (χ2v) is 4.63. The Morgan fingerprint density at radius 3 is 2.76 bits per heavy atom. The molecule has 0 aliphatic carbocycles. The summed E-state index contributed by atoms with van der Waals surface area (Å²) in [6.07, 6.45) is -1.06. The summed E-state index contributed by atoms with van der Waals surface area (Å²) in [6.45, 7) is 3.84. The van der Waals surface area contributed by atoms with Gasteiger partial charge in [-0.05, 0) is 31.5 Å². The highest BCUT2D eigenvalue weighted by atomic mass is 32.1. The highest BCUT2D eigenvalue weighted by Gasteiger charge is 2.10. The molecule has 4 nitrogen and oxygen atoms in total. The number of hydrogen-bond acceptors (Lipinski definition) is 3. The van der Waals surface area contributed by atoms with Crippen LogP contribution < -0.4 is 5.32 Å². The van der Waals surface area contributed by atoms with Crippen LogP contribution in [0.3, 0.4) is 0 Å². The van der Waals surface area contributed by atoms with Crippen LogP contribution in [0.4, 0.5) is 10.5 Å². The van der Waals surface area contributed by atoms with Crippen molar-refractivity contribution in [3.8, 4) is 10.6 Å². The number of benzene rings is 1. The largest absolute Gasteiger partial charge is 0.465 e. The quantitative estimate of drug-likeness (QED) is 0.854. The smallest absolute Gasteiger partial charge is 0.409 e. The van der Waals surface area contributed by atoms with Gasteiger partial charge in [-0.3, -0.25) is 5.32 Å². The van der Waals surface area contributed by atoms with E-state index in [2.05, 4.69) is 10.3 Å². The fraction of sp³-hybridized carbons (Fsp3) is 0.167. The Kier molecular flexibility index (Phi) is 3.10. The molecule has 0 spiro atoms. The van der Waals surface area contributed by atoms with E-state index >= 15 is 0 Å². The lowest BCUT2D eigenvalue weighted by Crippen LogP contribution is -2.08. The lowest BCUT2D eigenvalue weighted by molar-refractivity contribution is 0.210. The molecule has 0 aliphatic heterocycles. The van der Waals surface area contributed by atoms with E-state index in [0.717, 1.165) is 21.8 Å². The first-order valence-corrected chi connectivity index (χ1v) is 5.97. The summed E-state index contributed by atoms with van der Waals surface area (Å²) in [5, 5.41) is 14.0. The Labute approximate surface area is 103 Å². The van der Waals surface area contributed by atoms with Crippen molar-refractivity contribution in [3.05, 3.63) is 34.8 Å². The van der Waals surface area contributed by atoms with Crippen molar-refractivity contribution in [3.63, 3.8) is 0 Å². The summed E-state index contributed by atoms with van der Waals surface area (Å²) in [6, 6.07) is 5.64. The Morgan fingerprint density at radius 1 is 1.41 bits per heavy atom. The second-order valence-electron chi connectivity index (χ2n) is 3.77. The number of carboxylic acid groups (broad SMARTS) is 1. The monoisotopic (exact) mass is 248 g/mol. The number of aryl methyl sites for hydroxylation is 2. The van der Waals surface area contributed by atoms with Gasteiger partial charge in [-0.1, -0.05) is 6.07 Å². The molecule has 0 saturated heterocycles. The molecule has 0 atom stereocenters. The zero-order valence-electron chi connectivity index (χ0n) is 9.52. The third-order valence-corrected chi connectivity index (χ3v) is 3.26. The molecule has 2 N–H and O–H groups in total. The van der Waals surface area contributed by atoms with Gasteiger partial charge in [0.05, 0.1) is 5.69 Å². The Morgan fingerprint density at radius 2 is 2.18 bits per heavy atom. The molecule has 0 fully saturated rings. The number of carbonyl (C=O) groups is 1. The summed E-state index contributed by atoms with van der Waals surface area (Å²) in [5.41, 5.74) is 3.33. The van der Waals surface area contributed by atoms with Crippen LogP contribution >= 0.6 is 11.3 Å². The van der Waals surface area contributed by atoms with Gasteiger partial charge >= 0.3 is 6.09 Å². The fourth-order valence-corrected chi connectivity index (χ4v) is 2.38. The zero-order chi connectivity index (χ0) is 12.4. The minimum atomic E-state index is -1.06. The molecule has 1 aromatic carbocycles. The van der Waals surface area contributed by atoms with Crippen molar-refractivity contribution >= 4 is 23.1 Å². The van der Waals surface area contributed by atoms with Crippen molar-refractivity contribution < 1.29 is 9.90 Å². The molecule has 0 unspecified atom stereocenters. The molecule has 2 rings (SSSR count).